The van der Waals surface area contributed by atoms with E-state index in [0.29, 0.717) is 17.6 Å². The average molecular weight is 267 g/mol. The first-order valence-electron chi connectivity index (χ1n) is 6.62. The number of aromatic nitrogens is 2. The molecular weight excluding hydrogens is 246 g/mol. The number of likely N-dealkylation sites (N-methyl/N-ethyl adjacent to an activating group) is 1. The van der Waals surface area contributed by atoms with Gasteiger partial charge < -0.3 is 10.2 Å². The van der Waals surface area contributed by atoms with Gasteiger partial charge >= 0.3 is 5.69 Å². The molecule has 106 valence electrons. The van der Waals surface area contributed by atoms with Gasteiger partial charge in [0.15, 0.2) is 0 Å². The molecule has 0 radical (unpaired) electrons. The summed E-state index contributed by atoms with van der Waals surface area (Å²) in [7, 11) is 3.83. The van der Waals surface area contributed by atoms with Gasteiger partial charge in [0.2, 0.25) is 5.82 Å². The molecule has 2 rings (SSSR count). The highest BCUT2D eigenvalue weighted by Crippen LogP contribution is 2.27. The van der Waals surface area contributed by atoms with Crippen molar-refractivity contribution in [3.05, 3.63) is 15.8 Å². The van der Waals surface area contributed by atoms with Gasteiger partial charge in [-0.3, -0.25) is 10.1 Å². The van der Waals surface area contributed by atoms with Crippen molar-refractivity contribution >= 4 is 11.5 Å². The van der Waals surface area contributed by atoms with Crippen LogP contribution in [-0.4, -0.2) is 45.8 Å². The van der Waals surface area contributed by atoms with Crippen LogP contribution in [0.15, 0.2) is 0 Å². The fourth-order valence-electron chi connectivity index (χ4n) is 2.68. The lowest BCUT2D eigenvalue weighted by atomic mass is 10.0. The highest BCUT2D eigenvalue weighted by molar-refractivity contribution is 5.59. The Bertz CT molecular complexity index is 471. The Balaban J connectivity index is 2.08. The minimum atomic E-state index is -0.366. The maximum absolute atomic E-state index is 11.1. The summed E-state index contributed by atoms with van der Waals surface area (Å²) >= 11 is 0. The normalized spacial score (nSPS) is 20.5. The van der Waals surface area contributed by atoms with Crippen molar-refractivity contribution in [3.63, 3.8) is 0 Å². The van der Waals surface area contributed by atoms with Gasteiger partial charge in [-0.2, -0.15) is 5.10 Å². The number of likely N-dealkylation sites (tertiary alicyclic amines) is 1. The number of piperidine rings is 1. The van der Waals surface area contributed by atoms with E-state index in [-0.39, 0.29) is 10.6 Å². The summed E-state index contributed by atoms with van der Waals surface area (Å²) in [4.78, 5) is 13.0. The Labute approximate surface area is 112 Å². The third kappa shape index (κ3) is 2.86. The first kappa shape index (κ1) is 13.8. The van der Waals surface area contributed by atoms with Crippen molar-refractivity contribution in [3.8, 4) is 0 Å². The third-order valence-electron chi connectivity index (χ3n) is 3.80. The molecule has 2 heterocycles. The summed E-state index contributed by atoms with van der Waals surface area (Å²) in [6.45, 7) is 3.48. The number of nitrogens with one attached hydrogen (secondary N) is 1. The van der Waals surface area contributed by atoms with E-state index >= 15 is 0 Å². The first-order chi connectivity index (χ1) is 9.00. The van der Waals surface area contributed by atoms with Crippen LogP contribution in [0.4, 0.5) is 11.5 Å². The lowest BCUT2D eigenvalue weighted by Gasteiger charge is -2.32. The van der Waals surface area contributed by atoms with Crippen LogP contribution in [0.25, 0.3) is 0 Å². The van der Waals surface area contributed by atoms with Gasteiger partial charge in [-0.15, -0.1) is 0 Å². The number of nitrogens with zero attached hydrogens (tertiary/aromatic N) is 4. The SMILES string of the molecule is Cc1nn(C)c(NCC2CCCCN2C)c1[N+](=O)[O-]. The minimum Gasteiger partial charge on any atom is -0.363 e. The number of rotatable bonds is 4. The van der Waals surface area contributed by atoms with Crippen molar-refractivity contribution < 1.29 is 4.92 Å². The fourth-order valence-corrected chi connectivity index (χ4v) is 2.68. The monoisotopic (exact) mass is 267 g/mol. The van der Waals surface area contributed by atoms with Crippen molar-refractivity contribution in [2.24, 2.45) is 7.05 Å². The van der Waals surface area contributed by atoms with Gasteiger partial charge in [0.05, 0.1) is 4.92 Å². The fraction of sp³-hybridized carbons (Fsp3) is 0.750. The molecule has 1 aliphatic rings. The second-order valence-electron chi connectivity index (χ2n) is 5.17. The van der Waals surface area contributed by atoms with Crippen LogP contribution >= 0.6 is 0 Å². The Morgan fingerprint density at radius 2 is 2.21 bits per heavy atom. The van der Waals surface area contributed by atoms with Gasteiger partial charge in [0.1, 0.15) is 5.69 Å². The summed E-state index contributed by atoms with van der Waals surface area (Å²) < 4.78 is 1.55. The largest absolute Gasteiger partial charge is 0.363 e. The highest BCUT2D eigenvalue weighted by Gasteiger charge is 2.25. The van der Waals surface area contributed by atoms with Gasteiger partial charge in [0.25, 0.3) is 0 Å². The highest BCUT2D eigenvalue weighted by atomic mass is 16.6. The molecule has 1 aromatic heterocycles. The maximum atomic E-state index is 11.1. The van der Waals surface area contributed by atoms with Crippen LogP contribution in [0.3, 0.4) is 0 Å². The Morgan fingerprint density at radius 3 is 2.84 bits per heavy atom. The van der Waals surface area contributed by atoms with E-state index in [9.17, 15) is 10.1 Å². The summed E-state index contributed by atoms with van der Waals surface area (Å²) in [6, 6.07) is 0.434. The predicted octanol–water partition coefficient (Wildman–Crippen LogP) is 1.53. The molecule has 7 heteroatoms. The lowest BCUT2D eigenvalue weighted by molar-refractivity contribution is -0.384. The average Bonchev–Trinajstić information content (AvgIpc) is 2.63. The Hall–Kier alpha value is -1.63. The Kier molecular flexibility index (Phi) is 4.04. The van der Waals surface area contributed by atoms with Crippen LogP contribution in [0.5, 0.6) is 0 Å². The molecule has 0 aliphatic carbocycles. The van der Waals surface area contributed by atoms with E-state index in [1.54, 1.807) is 18.7 Å². The molecule has 1 atom stereocenters. The molecule has 0 amide bonds. The van der Waals surface area contributed by atoms with Crippen molar-refractivity contribution in [2.45, 2.75) is 32.2 Å². The van der Waals surface area contributed by atoms with Crippen molar-refractivity contribution in [1.29, 1.82) is 0 Å². The second kappa shape index (κ2) is 5.56. The van der Waals surface area contributed by atoms with Crippen molar-refractivity contribution in [1.82, 2.24) is 14.7 Å². The smallest absolute Gasteiger partial charge is 0.333 e. The molecule has 1 N–H and O–H groups in total. The zero-order valence-corrected chi connectivity index (χ0v) is 11.7. The van der Waals surface area contributed by atoms with Crippen molar-refractivity contribution in [2.75, 3.05) is 25.5 Å². The van der Waals surface area contributed by atoms with Crippen LogP contribution in [0.1, 0.15) is 25.0 Å². The molecule has 1 aromatic rings. The van der Waals surface area contributed by atoms with Gasteiger partial charge in [0, 0.05) is 19.6 Å². The second-order valence-corrected chi connectivity index (χ2v) is 5.17. The van der Waals surface area contributed by atoms with E-state index in [1.165, 1.54) is 12.8 Å². The van der Waals surface area contributed by atoms with Gasteiger partial charge in [-0.05, 0) is 33.4 Å². The van der Waals surface area contributed by atoms with E-state index in [1.807, 2.05) is 0 Å². The number of aryl methyl sites for hydroxylation is 2. The zero-order chi connectivity index (χ0) is 14.0. The summed E-state index contributed by atoms with van der Waals surface area (Å²) in [5.41, 5.74) is 0.535. The van der Waals surface area contributed by atoms with Crippen LogP contribution in [0.2, 0.25) is 0 Å². The third-order valence-corrected chi connectivity index (χ3v) is 3.80. The van der Waals surface area contributed by atoms with Crippen LogP contribution in [0, 0.1) is 17.0 Å². The number of hydrogen-bond acceptors (Lipinski definition) is 5. The van der Waals surface area contributed by atoms with Gasteiger partial charge in [-0.1, -0.05) is 6.42 Å². The summed E-state index contributed by atoms with van der Waals surface area (Å²) in [5, 5.41) is 18.4. The quantitative estimate of drug-likeness (QED) is 0.661. The zero-order valence-electron chi connectivity index (χ0n) is 11.7. The molecule has 1 fully saturated rings. The molecule has 19 heavy (non-hydrogen) atoms. The van der Waals surface area contributed by atoms with Crippen LogP contribution in [-0.2, 0) is 7.05 Å². The first-order valence-corrected chi connectivity index (χ1v) is 6.62. The summed E-state index contributed by atoms with van der Waals surface area (Å²) in [5.74, 6) is 0.501. The van der Waals surface area contributed by atoms with Gasteiger partial charge in [-0.25, -0.2) is 4.68 Å². The number of nitro groups is 1. The topological polar surface area (TPSA) is 76.2 Å². The molecule has 1 aliphatic heterocycles. The molecular formula is C12H21N5O2. The molecule has 1 saturated heterocycles. The predicted molar refractivity (Wildman–Crippen MR) is 73.4 cm³/mol. The number of hydrogen-bond donors (Lipinski definition) is 1. The van der Waals surface area contributed by atoms with E-state index < -0.39 is 0 Å². The molecule has 0 spiro atoms. The van der Waals surface area contributed by atoms with Crippen LogP contribution < -0.4 is 5.32 Å². The minimum absolute atomic E-state index is 0.0842. The standard InChI is InChI=1S/C12H21N5O2/c1-9-11(17(18)19)12(16(3)14-9)13-8-10-6-4-5-7-15(10)2/h10,13H,4-8H2,1-3H3. The lowest BCUT2D eigenvalue weighted by Crippen LogP contribution is -2.41. The molecule has 7 nitrogen and oxygen atoms in total. The van der Waals surface area contributed by atoms with E-state index in [0.717, 1.165) is 19.5 Å². The summed E-state index contributed by atoms with van der Waals surface area (Å²) in [6.07, 6.45) is 3.59. The molecule has 0 saturated carbocycles. The molecule has 0 bridgehead atoms. The van der Waals surface area contributed by atoms with E-state index in [2.05, 4.69) is 22.4 Å². The Morgan fingerprint density at radius 1 is 1.47 bits per heavy atom. The molecule has 1 unspecified atom stereocenters. The maximum Gasteiger partial charge on any atom is 0.333 e. The van der Waals surface area contributed by atoms with E-state index in [4.69, 9.17) is 0 Å². The molecule has 0 aromatic carbocycles. The number of anilines is 1.